The van der Waals surface area contributed by atoms with Gasteiger partial charge in [-0.25, -0.2) is 9.67 Å². The number of nitrogens with zero attached hydrogens (tertiary/aromatic N) is 3. The number of hydrogen-bond donors (Lipinski definition) is 2. The van der Waals surface area contributed by atoms with E-state index in [2.05, 4.69) is 20.7 Å². The monoisotopic (exact) mass is 301 g/mol. The van der Waals surface area contributed by atoms with Gasteiger partial charge >= 0.3 is 0 Å². The molecule has 7 nitrogen and oxygen atoms in total. The Kier molecular flexibility index (Phi) is 4.77. The summed E-state index contributed by atoms with van der Waals surface area (Å²) in [7, 11) is 0. The van der Waals surface area contributed by atoms with E-state index in [1.165, 1.54) is 0 Å². The Hall–Kier alpha value is -2.25. The van der Waals surface area contributed by atoms with Crippen LogP contribution >= 0.6 is 0 Å². The van der Waals surface area contributed by atoms with Crippen LogP contribution in [-0.4, -0.2) is 46.5 Å². The fourth-order valence-electron chi connectivity index (χ4n) is 2.35. The van der Waals surface area contributed by atoms with Crippen molar-refractivity contribution in [1.29, 1.82) is 0 Å². The van der Waals surface area contributed by atoms with E-state index < -0.39 is 0 Å². The molecule has 22 heavy (non-hydrogen) atoms. The predicted molar refractivity (Wildman–Crippen MR) is 80.4 cm³/mol. The Labute approximate surface area is 128 Å². The van der Waals surface area contributed by atoms with E-state index in [4.69, 9.17) is 4.74 Å². The van der Waals surface area contributed by atoms with E-state index in [1.807, 2.05) is 24.4 Å². The lowest BCUT2D eigenvalue weighted by Crippen LogP contribution is -2.44. The van der Waals surface area contributed by atoms with E-state index >= 15 is 0 Å². The van der Waals surface area contributed by atoms with Gasteiger partial charge in [0.15, 0.2) is 5.82 Å². The van der Waals surface area contributed by atoms with E-state index in [0.29, 0.717) is 26.2 Å². The summed E-state index contributed by atoms with van der Waals surface area (Å²) < 4.78 is 7.03. The van der Waals surface area contributed by atoms with Crippen molar-refractivity contribution in [3.8, 4) is 5.82 Å². The molecule has 7 heteroatoms. The van der Waals surface area contributed by atoms with Gasteiger partial charge in [0.1, 0.15) is 0 Å². The fourth-order valence-corrected chi connectivity index (χ4v) is 2.35. The summed E-state index contributed by atoms with van der Waals surface area (Å²) >= 11 is 0. The van der Waals surface area contributed by atoms with E-state index in [1.54, 1.807) is 17.1 Å². The molecule has 1 aliphatic heterocycles. The van der Waals surface area contributed by atoms with Crippen LogP contribution in [0.2, 0.25) is 0 Å². The van der Waals surface area contributed by atoms with Gasteiger partial charge < -0.3 is 15.4 Å². The highest BCUT2D eigenvalue weighted by atomic mass is 16.5. The van der Waals surface area contributed by atoms with Crippen LogP contribution in [0, 0.1) is 0 Å². The minimum absolute atomic E-state index is 0.0143. The zero-order valence-electron chi connectivity index (χ0n) is 12.2. The van der Waals surface area contributed by atoms with Gasteiger partial charge in [-0.1, -0.05) is 0 Å². The van der Waals surface area contributed by atoms with Crippen LogP contribution in [0.15, 0.2) is 36.8 Å². The largest absolute Gasteiger partial charge is 0.378 e. The summed E-state index contributed by atoms with van der Waals surface area (Å²) in [4.78, 5) is 16.2. The Bertz CT molecular complexity index is 608. The maximum atomic E-state index is 12.0. The molecule has 1 aliphatic rings. The predicted octanol–water partition coefficient (Wildman–Crippen LogP) is 0.262. The lowest BCUT2D eigenvalue weighted by Gasteiger charge is -2.23. The van der Waals surface area contributed by atoms with Crippen molar-refractivity contribution in [2.24, 2.45) is 0 Å². The number of aromatic nitrogens is 3. The highest BCUT2D eigenvalue weighted by Crippen LogP contribution is 2.06. The van der Waals surface area contributed by atoms with Crippen molar-refractivity contribution in [2.75, 3.05) is 19.8 Å². The van der Waals surface area contributed by atoms with Crippen LogP contribution in [0.25, 0.3) is 5.82 Å². The van der Waals surface area contributed by atoms with Crippen LogP contribution in [0.4, 0.5) is 0 Å². The SMILES string of the molecule is O=C(CC1COCCN1)NCc1ccnc(-n2cccn2)c1. The Morgan fingerprint density at radius 1 is 1.50 bits per heavy atom. The maximum Gasteiger partial charge on any atom is 0.221 e. The van der Waals surface area contributed by atoms with Gasteiger partial charge in [0.2, 0.25) is 5.91 Å². The molecule has 116 valence electrons. The van der Waals surface area contributed by atoms with Crippen molar-refractivity contribution in [2.45, 2.75) is 19.0 Å². The standard InChI is InChI=1S/C15H19N5O2/c21-15(9-13-11-22-7-5-16-13)18-10-12-2-4-17-14(8-12)20-6-1-3-19-20/h1-4,6,8,13,16H,5,7,9-11H2,(H,18,21). The minimum atomic E-state index is 0.0143. The number of nitrogens with one attached hydrogen (secondary N) is 2. The van der Waals surface area contributed by atoms with Crippen LogP contribution in [-0.2, 0) is 16.1 Å². The smallest absolute Gasteiger partial charge is 0.221 e. The number of amides is 1. The van der Waals surface area contributed by atoms with Gasteiger partial charge in [-0.2, -0.15) is 5.10 Å². The third-order valence-electron chi connectivity index (χ3n) is 3.47. The van der Waals surface area contributed by atoms with Crippen LogP contribution in [0.5, 0.6) is 0 Å². The molecule has 0 bridgehead atoms. The van der Waals surface area contributed by atoms with Crippen molar-refractivity contribution in [1.82, 2.24) is 25.4 Å². The van der Waals surface area contributed by atoms with Crippen molar-refractivity contribution >= 4 is 5.91 Å². The highest BCUT2D eigenvalue weighted by molar-refractivity contribution is 5.76. The molecule has 2 N–H and O–H groups in total. The molecule has 0 radical (unpaired) electrons. The zero-order valence-corrected chi connectivity index (χ0v) is 12.2. The minimum Gasteiger partial charge on any atom is -0.378 e. The molecule has 3 rings (SSSR count). The first-order valence-electron chi connectivity index (χ1n) is 7.34. The highest BCUT2D eigenvalue weighted by Gasteiger charge is 2.16. The normalized spacial score (nSPS) is 18.1. The van der Waals surface area contributed by atoms with Crippen LogP contribution < -0.4 is 10.6 Å². The zero-order chi connectivity index (χ0) is 15.2. The van der Waals surface area contributed by atoms with Gasteiger partial charge in [-0.05, 0) is 23.8 Å². The number of hydrogen-bond acceptors (Lipinski definition) is 5. The van der Waals surface area contributed by atoms with Gasteiger partial charge in [0, 0.05) is 44.1 Å². The first-order chi connectivity index (χ1) is 10.8. The molecule has 3 heterocycles. The average molecular weight is 301 g/mol. The quantitative estimate of drug-likeness (QED) is 0.828. The molecule has 1 unspecified atom stereocenters. The molecule has 0 saturated carbocycles. The fraction of sp³-hybridized carbons (Fsp3) is 0.400. The average Bonchev–Trinajstić information content (AvgIpc) is 3.09. The molecule has 0 spiro atoms. The molecule has 1 fully saturated rings. The maximum absolute atomic E-state index is 12.0. The summed E-state index contributed by atoms with van der Waals surface area (Å²) in [6, 6.07) is 5.74. The summed E-state index contributed by atoms with van der Waals surface area (Å²) in [5, 5.41) is 10.3. The molecule has 2 aromatic heterocycles. The number of rotatable bonds is 5. The van der Waals surface area contributed by atoms with Crippen LogP contribution in [0.1, 0.15) is 12.0 Å². The van der Waals surface area contributed by atoms with Crippen molar-refractivity contribution < 1.29 is 9.53 Å². The Morgan fingerprint density at radius 2 is 2.45 bits per heavy atom. The summed E-state index contributed by atoms with van der Waals surface area (Å²) in [5.41, 5.74) is 0.988. The molecule has 1 amide bonds. The molecule has 0 aromatic carbocycles. The van der Waals surface area contributed by atoms with Crippen molar-refractivity contribution in [3.05, 3.63) is 42.4 Å². The number of morpholine rings is 1. The van der Waals surface area contributed by atoms with E-state index in [0.717, 1.165) is 17.9 Å². The Morgan fingerprint density at radius 3 is 3.23 bits per heavy atom. The first kappa shape index (κ1) is 14.7. The lowest BCUT2D eigenvalue weighted by atomic mass is 10.2. The van der Waals surface area contributed by atoms with Gasteiger partial charge in [0.05, 0.1) is 13.2 Å². The van der Waals surface area contributed by atoms with E-state index in [-0.39, 0.29) is 11.9 Å². The summed E-state index contributed by atoms with van der Waals surface area (Å²) in [6.45, 7) is 2.58. The second-order valence-electron chi connectivity index (χ2n) is 5.18. The number of carbonyl (C=O) groups is 1. The molecule has 1 atom stereocenters. The van der Waals surface area contributed by atoms with E-state index in [9.17, 15) is 4.79 Å². The molecular formula is C15H19N5O2. The number of pyridine rings is 1. The van der Waals surface area contributed by atoms with Gasteiger partial charge in [-0.3, -0.25) is 4.79 Å². The molecular weight excluding hydrogens is 282 g/mol. The van der Waals surface area contributed by atoms with Gasteiger partial charge in [0.25, 0.3) is 0 Å². The number of carbonyl (C=O) groups excluding carboxylic acids is 1. The summed E-state index contributed by atoms with van der Waals surface area (Å²) in [5.74, 6) is 0.750. The van der Waals surface area contributed by atoms with Crippen LogP contribution in [0.3, 0.4) is 0 Å². The molecule has 1 saturated heterocycles. The second kappa shape index (κ2) is 7.15. The summed E-state index contributed by atoms with van der Waals surface area (Å²) in [6.07, 6.45) is 5.68. The third-order valence-corrected chi connectivity index (χ3v) is 3.47. The topological polar surface area (TPSA) is 81.1 Å². The molecule has 2 aromatic rings. The first-order valence-corrected chi connectivity index (χ1v) is 7.34. The van der Waals surface area contributed by atoms with Gasteiger partial charge in [-0.15, -0.1) is 0 Å². The second-order valence-corrected chi connectivity index (χ2v) is 5.18. The Balaban J connectivity index is 1.52. The number of ether oxygens (including phenoxy) is 1. The molecule has 0 aliphatic carbocycles. The van der Waals surface area contributed by atoms with Crippen molar-refractivity contribution in [3.63, 3.8) is 0 Å². The lowest BCUT2D eigenvalue weighted by molar-refractivity contribution is -0.122. The third kappa shape index (κ3) is 3.90.